The van der Waals surface area contributed by atoms with E-state index < -0.39 is 0 Å². The molecule has 6 heteroatoms. The predicted octanol–water partition coefficient (Wildman–Crippen LogP) is 14.6. The third-order valence-electron chi connectivity index (χ3n) is 12.4. The van der Waals surface area contributed by atoms with Gasteiger partial charge in [-0.15, -0.1) is 0 Å². The lowest BCUT2D eigenvalue weighted by molar-refractivity contribution is 0.670. The van der Waals surface area contributed by atoms with E-state index >= 15 is 0 Å². The fraction of sp³-hybridized carbons (Fsp3) is 0. The fourth-order valence-corrected chi connectivity index (χ4v) is 9.55. The Morgan fingerprint density at radius 1 is 0.317 bits per heavy atom. The first-order valence-electron chi connectivity index (χ1n) is 21.2. The molecule has 0 atom stereocenters. The Morgan fingerprint density at radius 2 is 0.857 bits per heavy atom. The molecule has 0 unspecified atom stereocenters. The molecule has 0 aliphatic carbocycles. The summed E-state index contributed by atoms with van der Waals surface area (Å²) in [6.45, 7) is 0. The summed E-state index contributed by atoms with van der Waals surface area (Å²) in [6.07, 6.45) is 0. The first-order chi connectivity index (χ1) is 31.2. The second-order valence-corrected chi connectivity index (χ2v) is 16.0. The molecule has 0 saturated heterocycles. The van der Waals surface area contributed by atoms with Crippen LogP contribution in [0.15, 0.2) is 217 Å². The predicted molar refractivity (Wildman–Crippen MR) is 258 cm³/mol. The topological polar surface area (TPSA) is 61.7 Å². The first-order valence-corrected chi connectivity index (χ1v) is 21.2. The summed E-state index contributed by atoms with van der Waals surface area (Å²) in [6, 6.07) is 74.4. The fourth-order valence-electron chi connectivity index (χ4n) is 9.55. The number of hydrogen-bond acceptors (Lipinski definition) is 4. The highest BCUT2D eigenvalue weighted by molar-refractivity contribution is 6.14. The average Bonchev–Trinajstić information content (AvgIpc) is 4.02. The van der Waals surface area contributed by atoms with Crippen molar-refractivity contribution in [3.8, 4) is 56.7 Å². The van der Waals surface area contributed by atoms with Gasteiger partial charge in [-0.05, 0) is 59.2 Å². The van der Waals surface area contributed by atoms with E-state index in [-0.39, 0.29) is 0 Å². The lowest BCUT2D eigenvalue weighted by Gasteiger charge is -2.15. The molecule has 0 N–H and O–H groups in total. The van der Waals surface area contributed by atoms with Crippen LogP contribution in [0.3, 0.4) is 0 Å². The van der Waals surface area contributed by atoms with Crippen LogP contribution in [0.25, 0.3) is 122 Å². The van der Waals surface area contributed by atoms with Gasteiger partial charge in [-0.1, -0.05) is 170 Å². The van der Waals surface area contributed by atoms with Crippen molar-refractivity contribution < 1.29 is 4.42 Å². The van der Waals surface area contributed by atoms with Gasteiger partial charge in [0.25, 0.3) is 0 Å². The number of hydrogen-bond donors (Lipinski definition) is 0. The van der Waals surface area contributed by atoms with Crippen LogP contribution in [-0.4, -0.2) is 24.1 Å². The molecule has 9 aromatic carbocycles. The highest BCUT2D eigenvalue weighted by atomic mass is 16.3. The normalized spacial score (nSPS) is 11.8. The van der Waals surface area contributed by atoms with Gasteiger partial charge in [0.2, 0.25) is 5.95 Å². The zero-order valence-electron chi connectivity index (χ0n) is 33.9. The molecule has 0 bridgehead atoms. The Morgan fingerprint density at radius 3 is 1.56 bits per heavy atom. The van der Waals surface area contributed by atoms with Gasteiger partial charge in [-0.2, -0.15) is 9.97 Å². The molecule has 0 amide bonds. The molecule has 63 heavy (non-hydrogen) atoms. The maximum absolute atomic E-state index is 6.83. The summed E-state index contributed by atoms with van der Waals surface area (Å²) in [5, 5.41) is 6.77. The van der Waals surface area contributed by atoms with Gasteiger partial charge in [0.1, 0.15) is 11.2 Å². The van der Waals surface area contributed by atoms with Crippen molar-refractivity contribution in [2.24, 2.45) is 0 Å². The Bertz CT molecular complexity index is 3860. The van der Waals surface area contributed by atoms with Crippen molar-refractivity contribution >= 4 is 65.6 Å². The van der Waals surface area contributed by atoms with E-state index in [1.807, 2.05) is 36.4 Å². The maximum atomic E-state index is 6.83. The van der Waals surface area contributed by atoms with Crippen LogP contribution in [0.4, 0.5) is 0 Å². The molecule has 0 radical (unpaired) electrons. The van der Waals surface area contributed by atoms with E-state index in [9.17, 15) is 0 Å². The largest absolute Gasteiger partial charge is 0.455 e. The number of nitrogens with zero attached hydrogens (tertiary/aromatic N) is 5. The summed E-state index contributed by atoms with van der Waals surface area (Å²) in [5.41, 5.74) is 12.9. The molecular weight excluding hydrogens is 771 g/mol. The molecule has 294 valence electrons. The maximum Gasteiger partial charge on any atom is 0.238 e. The molecular formula is C57H35N5O. The lowest BCUT2D eigenvalue weighted by Crippen LogP contribution is -2.07. The van der Waals surface area contributed by atoms with Crippen molar-refractivity contribution in [1.82, 2.24) is 24.1 Å². The van der Waals surface area contributed by atoms with Crippen molar-refractivity contribution in [3.05, 3.63) is 212 Å². The minimum atomic E-state index is 0.540. The number of rotatable bonds is 6. The second-order valence-electron chi connectivity index (χ2n) is 16.0. The van der Waals surface area contributed by atoms with E-state index in [0.29, 0.717) is 17.6 Å². The number of para-hydroxylation sites is 4. The molecule has 6 nitrogen and oxygen atoms in total. The summed E-state index contributed by atoms with van der Waals surface area (Å²) < 4.78 is 11.4. The Labute approximate surface area is 361 Å². The quantitative estimate of drug-likeness (QED) is 0.168. The van der Waals surface area contributed by atoms with Gasteiger partial charge < -0.3 is 8.98 Å². The van der Waals surface area contributed by atoms with Gasteiger partial charge in [0.15, 0.2) is 11.6 Å². The van der Waals surface area contributed by atoms with Gasteiger partial charge >= 0.3 is 0 Å². The van der Waals surface area contributed by atoms with E-state index in [4.69, 9.17) is 19.4 Å². The third-order valence-corrected chi connectivity index (χ3v) is 12.4. The SMILES string of the molecule is c1ccc(-c2ccc3c4ccccc4n(-c4nc(-c5ccccc5)nc(-c5ccccc5-c5cc(-n6c7ccccc7c7ccccc76)cc6c5oc5ccccc56)n4)c3c2)cc1. The van der Waals surface area contributed by atoms with Gasteiger partial charge in [0, 0.05) is 54.7 Å². The number of aromatic nitrogens is 5. The third kappa shape index (κ3) is 5.55. The highest BCUT2D eigenvalue weighted by Crippen LogP contribution is 2.43. The molecule has 4 aromatic heterocycles. The van der Waals surface area contributed by atoms with Crippen LogP contribution in [0.5, 0.6) is 0 Å². The van der Waals surface area contributed by atoms with Crippen LogP contribution >= 0.6 is 0 Å². The molecule has 0 saturated carbocycles. The van der Waals surface area contributed by atoms with Crippen molar-refractivity contribution in [3.63, 3.8) is 0 Å². The van der Waals surface area contributed by atoms with Crippen LogP contribution < -0.4 is 0 Å². The zero-order chi connectivity index (χ0) is 41.4. The number of fused-ring (bicyclic) bond motifs is 9. The summed E-state index contributed by atoms with van der Waals surface area (Å²) in [7, 11) is 0. The monoisotopic (exact) mass is 805 g/mol. The van der Waals surface area contributed by atoms with Crippen LogP contribution in [-0.2, 0) is 0 Å². The average molecular weight is 806 g/mol. The molecule has 13 aromatic rings. The van der Waals surface area contributed by atoms with E-state index in [1.54, 1.807) is 0 Å². The molecule has 4 heterocycles. The number of benzene rings is 9. The smallest absolute Gasteiger partial charge is 0.238 e. The number of furan rings is 1. The standard InChI is InChI=1S/C57H35N5O/c1-3-17-36(18-4-1)38-31-32-44-43-24-11-15-29-51(43)62(52(44)33-38)57-59-55(37-19-5-2-6-20-37)58-56(60-57)46-26-8-7-21-40(46)47-34-39(35-48-45-25-12-16-30-53(45)63-54(47)48)61-49-27-13-9-22-41(49)42-23-10-14-28-50(42)61/h1-35H. The second kappa shape index (κ2) is 14.0. The van der Waals surface area contributed by atoms with Crippen LogP contribution in [0.2, 0.25) is 0 Å². The van der Waals surface area contributed by atoms with Gasteiger partial charge in [-0.25, -0.2) is 4.98 Å². The van der Waals surface area contributed by atoms with Crippen molar-refractivity contribution in [2.45, 2.75) is 0 Å². The van der Waals surface area contributed by atoms with E-state index in [0.717, 1.165) is 93.8 Å². The molecule has 0 fully saturated rings. The van der Waals surface area contributed by atoms with Gasteiger partial charge in [-0.3, -0.25) is 4.57 Å². The summed E-state index contributed by atoms with van der Waals surface area (Å²) >= 11 is 0. The summed E-state index contributed by atoms with van der Waals surface area (Å²) in [5.74, 6) is 1.69. The minimum Gasteiger partial charge on any atom is -0.455 e. The molecule has 13 rings (SSSR count). The highest BCUT2D eigenvalue weighted by Gasteiger charge is 2.23. The van der Waals surface area contributed by atoms with Crippen LogP contribution in [0.1, 0.15) is 0 Å². The Kier molecular flexibility index (Phi) is 7.80. The molecule has 0 spiro atoms. The first kappa shape index (κ1) is 35.2. The van der Waals surface area contributed by atoms with E-state index in [1.165, 1.54) is 10.8 Å². The Hall–Kier alpha value is -8.61. The van der Waals surface area contributed by atoms with Gasteiger partial charge in [0.05, 0.1) is 22.1 Å². The molecule has 0 aliphatic heterocycles. The summed E-state index contributed by atoms with van der Waals surface area (Å²) in [4.78, 5) is 16.0. The Balaban J connectivity index is 1.09. The minimum absolute atomic E-state index is 0.540. The van der Waals surface area contributed by atoms with Crippen molar-refractivity contribution in [1.29, 1.82) is 0 Å². The lowest BCUT2D eigenvalue weighted by atomic mass is 9.96. The zero-order valence-corrected chi connectivity index (χ0v) is 33.9. The van der Waals surface area contributed by atoms with E-state index in [2.05, 4.69) is 185 Å². The van der Waals surface area contributed by atoms with Crippen LogP contribution in [0, 0.1) is 0 Å². The molecule has 0 aliphatic rings. The van der Waals surface area contributed by atoms with Crippen molar-refractivity contribution in [2.75, 3.05) is 0 Å².